The van der Waals surface area contributed by atoms with Crippen LogP contribution in [0.1, 0.15) is 45.7 Å². The van der Waals surface area contributed by atoms with E-state index in [-0.39, 0.29) is 0 Å². The molecule has 1 aliphatic heterocycles. The Kier molecular flexibility index (Phi) is 3.82. The van der Waals surface area contributed by atoms with Crippen LogP contribution in [0.5, 0.6) is 0 Å². The molecule has 2 unspecified atom stereocenters. The van der Waals surface area contributed by atoms with Gasteiger partial charge in [-0.25, -0.2) is 15.0 Å². The number of rotatable bonds is 3. The number of hydrogen-bond donors (Lipinski definition) is 2. The maximum Gasteiger partial charge on any atom is 0.160 e. The van der Waals surface area contributed by atoms with Crippen molar-refractivity contribution in [3.63, 3.8) is 0 Å². The largest absolute Gasteiger partial charge is 0.393 e. The monoisotopic (exact) mass is 352 g/mol. The third-order valence-electron chi connectivity index (χ3n) is 5.68. The maximum absolute atomic E-state index is 6.49. The van der Waals surface area contributed by atoms with Gasteiger partial charge in [-0.15, -0.1) is 0 Å². The molecule has 2 aromatic rings. The van der Waals surface area contributed by atoms with Crippen LogP contribution in [0.2, 0.25) is 0 Å². The van der Waals surface area contributed by atoms with Crippen LogP contribution in [0.3, 0.4) is 0 Å². The first kappa shape index (κ1) is 17.1. The van der Waals surface area contributed by atoms with E-state index in [1.54, 1.807) is 6.33 Å². The molecule has 6 heteroatoms. The zero-order chi connectivity index (χ0) is 18.5. The molecule has 138 valence electrons. The van der Waals surface area contributed by atoms with E-state index in [1.807, 2.05) is 25.1 Å². The Bertz CT molecular complexity index is 833. The third-order valence-corrected chi connectivity index (χ3v) is 5.68. The number of nitrogen functional groups attached to an aromatic ring is 1. The number of pyridine rings is 1. The molecule has 2 atom stereocenters. The van der Waals surface area contributed by atoms with Crippen LogP contribution in [-0.4, -0.2) is 27.5 Å². The molecule has 0 aromatic carbocycles. The molecule has 1 saturated carbocycles. The Balaban J connectivity index is 1.64. The SMILES string of the molecule is Cc1cccc(Nc2ncnc(N3CC4(C)CC3CC(C)(C)C4)c2N)n1. The van der Waals surface area contributed by atoms with Crippen molar-refractivity contribution in [3.8, 4) is 0 Å². The summed E-state index contributed by atoms with van der Waals surface area (Å²) in [5, 5.41) is 3.25. The van der Waals surface area contributed by atoms with E-state index in [0.717, 1.165) is 23.9 Å². The van der Waals surface area contributed by atoms with E-state index >= 15 is 0 Å². The summed E-state index contributed by atoms with van der Waals surface area (Å²) in [4.78, 5) is 15.8. The quantitative estimate of drug-likeness (QED) is 0.872. The van der Waals surface area contributed by atoms with E-state index in [0.29, 0.717) is 28.4 Å². The van der Waals surface area contributed by atoms with Crippen LogP contribution < -0.4 is 16.0 Å². The predicted octanol–water partition coefficient (Wildman–Crippen LogP) is 3.91. The van der Waals surface area contributed by atoms with Crippen LogP contribution in [0.4, 0.5) is 23.1 Å². The standard InChI is InChI=1S/C20H28N6/c1-13-6-5-7-15(24-13)25-17-16(21)18(23-12-22-17)26-11-20(4)9-14(26)8-19(2,3)10-20/h5-7,12,14H,8-11,21H2,1-4H3,(H,22,23,24,25). The minimum absolute atomic E-state index is 0.329. The van der Waals surface area contributed by atoms with Gasteiger partial charge in [0, 0.05) is 18.3 Å². The molecule has 2 fully saturated rings. The zero-order valence-electron chi connectivity index (χ0n) is 16.1. The predicted molar refractivity (Wildman–Crippen MR) is 106 cm³/mol. The average molecular weight is 352 g/mol. The summed E-state index contributed by atoms with van der Waals surface area (Å²) < 4.78 is 0. The van der Waals surface area contributed by atoms with Crippen molar-refractivity contribution in [2.24, 2.45) is 10.8 Å². The molecule has 1 aliphatic carbocycles. The summed E-state index contributed by atoms with van der Waals surface area (Å²) in [7, 11) is 0. The van der Waals surface area contributed by atoms with Crippen molar-refractivity contribution in [2.45, 2.75) is 53.0 Å². The highest BCUT2D eigenvalue weighted by Gasteiger charge is 2.50. The minimum Gasteiger partial charge on any atom is -0.393 e. The summed E-state index contributed by atoms with van der Waals surface area (Å²) in [5.74, 6) is 2.22. The number of fused-ring (bicyclic) bond motifs is 2. The minimum atomic E-state index is 0.329. The molecule has 6 nitrogen and oxygen atoms in total. The highest BCUT2D eigenvalue weighted by Crippen LogP contribution is 2.53. The first-order valence-corrected chi connectivity index (χ1v) is 9.33. The maximum atomic E-state index is 6.49. The number of aromatic nitrogens is 3. The molecule has 0 spiro atoms. The van der Waals surface area contributed by atoms with Gasteiger partial charge in [-0.05, 0) is 49.1 Å². The van der Waals surface area contributed by atoms with E-state index < -0.39 is 0 Å². The lowest BCUT2D eigenvalue weighted by molar-refractivity contribution is 0.136. The van der Waals surface area contributed by atoms with Gasteiger partial charge in [0.2, 0.25) is 0 Å². The number of hydrogen-bond acceptors (Lipinski definition) is 6. The Morgan fingerprint density at radius 2 is 2.00 bits per heavy atom. The van der Waals surface area contributed by atoms with Crippen molar-refractivity contribution in [1.82, 2.24) is 15.0 Å². The molecule has 4 rings (SSSR count). The lowest BCUT2D eigenvalue weighted by Gasteiger charge is -2.39. The highest BCUT2D eigenvalue weighted by molar-refractivity contribution is 5.78. The van der Waals surface area contributed by atoms with E-state index in [1.165, 1.54) is 19.3 Å². The van der Waals surface area contributed by atoms with E-state index in [2.05, 4.69) is 45.9 Å². The Morgan fingerprint density at radius 3 is 2.77 bits per heavy atom. The second-order valence-electron chi connectivity index (χ2n) is 9.09. The van der Waals surface area contributed by atoms with Gasteiger partial charge in [0.25, 0.3) is 0 Å². The molecule has 1 saturated heterocycles. The van der Waals surface area contributed by atoms with Crippen LogP contribution in [0, 0.1) is 17.8 Å². The normalized spacial score (nSPS) is 26.8. The van der Waals surface area contributed by atoms with Gasteiger partial charge >= 0.3 is 0 Å². The van der Waals surface area contributed by atoms with Crippen LogP contribution in [0.15, 0.2) is 24.5 Å². The first-order chi connectivity index (χ1) is 12.2. The van der Waals surface area contributed by atoms with Crippen LogP contribution in [0.25, 0.3) is 0 Å². The van der Waals surface area contributed by atoms with Crippen molar-refractivity contribution < 1.29 is 0 Å². The van der Waals surface area contributed by atoms with Crippen molar-refractivity contribution in [3.05, 3.63) is 30.2 Å². The lowest BCUT2D eigenvalue weighted by Crippen LogP contribution is -2.35. The van der Waals surface area contributed by atoms with Gasteiger partial charge in [0.1, 0.15) is 17.8 Å². The van der Waals surface area contributed by atoms with E-state index in [4.69, 9.17) is 5.73 Å². The van der Waals surface area contributed by atoms with Crippen molar-refractivity contribution in [2.75, 3.05) is 22.5 Å². The fraction of sp³-hybridized carbons (Fsp3) is 0.550. The summed E-state index contributed by atoms with van der Waals surface area (Å²) in [6.07, 6.45) is 5.23. The number of anilines is 4. The Morgan fingerprint density at radius 1 is 1.19 bits per heavy atom. The van der Waals surface area contributed by atoms with Crippen LogP contribution >= 0.6 is 0 Å². The second-order valence-corrected chi connectivity index (χ2v) is 9.09. The summed E-state index contributed by atoms with van der Waals surface area (Å²) in [6.45, 7) is 10.1. The van der Waals surface area contributed by atoms with Gasteiger partial charge < -0.3 is 16.0 Å². The number of aryl methyl sites for hydroxylation is 1. The highest BCUT2D eigenvalue weighted by atomic mass is 15.3. The molecule has 3 N–H and O–H groups in total. The number of nitrogens with two attached hydrogens (primary N) is 1. The fourth-order valence-electron chi connectivity index (χ4n) is 5.16. The van der Waals surface area contributed by atoms with Crippen molar-refractivity contribution >= 4 is 23.1 Å². The Labute approximate surface area is 155 Å². The Hall–Kier alpha value is -2.37. The fourth-order valence-corrected chi connectivity index (χ4v) is 5.16. The first-order valence-electron chi connectivity index (χ1n) is 9.33. The van der Waals surface area contributed by atoms with Crippen molar-refractivity contribution in [1.29, 1.82) is 0 Å². The molecule has 26 heavy (non-hydrogen) atoms. The van der Waals surface area contributed by atoms with Gasteiger partial charge in [-0.2, -0.15) is 0 Å². The number of nitrogens with zero attached hydrogens (tertiary/aromatic N) is 4. The molecular weight excluding hydrogens is 324 g/mol. The van der Waals surface area contributed by atoms with Gasteiger partial charge in [-0.1, -0.05) is 26.8 Å². The lowest BCUT2D eigenvalue weighted by atomic mass is 9.65. The third kappa shape index (κ3) is 3.08. The smallest absolute Gasteiger partial charge is 0.160 e. The van der Waals surface area contributed by atoms with Crippen LogP contribution in [-0.2, 0) is 0 Å². The summed E-state index contributed by atoms with van der Waals surface area (Å²) in [6, 6.07) is 6.34. The van der Waals surface area contributed by atoms with E-state index in [9.17, 15) is 0 Å². The van der Waals surface area contributed by atoms with Gasteiger partial charge in [0.15, 0.2) is 11.6 Å². The molecule has 2 aromatic heterocycles. The zero-order valence-corrected chi connectivity index (χ0v) is 16.1. The molecular formula is C20H28N6. The second kappa shape index (κ2) is 5.83. The number of nitrogens with one attached hydrogen (secondary N) is 1. The summed E-state index contributed by atoms with van der Waals surface area (Å²) in [5.41, 5.74) is 8.73. The van der Waals surface area contributed by atoms with Gasteiger partial charge in [0.05, 0.1) is 0 Å². The molecule has 3 heterocycles. The summed E-state index contributed by atoms with van der Waals surface area (Å²) >= 11 is 0. The molecule has 2 bridgehead atoms. The molecule has 0 amide bonds. The molecule has 2 aliphatic rings. The average Bonchev–Trinajstić information content (AvgIpc) is 2.78. The van der Waals surface area contributed by atoms with Gasteiger partial charge in [-0.3, -0.25) is 0 Å². The topological polar surface area (TPSA) is 80.0 Å². The molecule has 0 radical (unpaired) electrons.